The van der Waals surface area contributed by atoms with E-state index in [0.717, 1.165) is 12.8 Å². The van der Waals surface area contributed by atoms with Gasteiger partial charge >= 0.3 is 0 Å². The minimum Gasteiger partial charge on any atom is -0.479 e. The van der Waals surface area contributed by atoms with Gasteiger partial charge in [0.15, 0.2) is 6.10 Å². The van der Waals surface area contributed by atoms with Gasteiger partial charge in [0.25, 0.3) is 11.8 Å². The largest absolute Gasteiger partial charge is 0.479 e. The van der Waals surface area contributed by atoms with Crippen LogP contribution in [-0.2, 0) is 11.2 Å². The van der Waals surface area contributed by atoms with Gasteiger partial charge in [-0.2, -0.15) is 0 Å². The molecule has 0 radical (unpaired) electrons. The molecule has 0 saturated carbocycles. The molecule has 3 aromatic rings. The normalized spacial score (nSPS) is 15.3. The Balaban J connectivity index is 1.51. The van der Waals surface area contributed by atoms with Crippen molar-refractivity contribution in [3.05, 3.63) is 90.0 Å². The molecule has 0 fully saturated rings. The molecule has 0 spiro atoms. The van der Waals surface area contributed by atoms with Crippen molar-refractivity contribution in [2.75, 3.05) is 16.8 Å². The van der Waals surface area contributed by atoms with Crippen molar-refractivity contribution in [3.63, 3.8) is 0 Å². The third-order valence-electron chi connectivity index (χ3n) is 5.15. The lowest BCUT2D eigenvalue weighted by Crippen LogP contribution is -2.45. The first-order valence-electron chi connectivity index (χ1n) is 10.1. The van der Waals surface area contributed by atoms with Crippen molar-refractivity contribution < 1.29 is 14.3 Å². The van der Waals surface area contributed by atoms with E-state index in [1.54, 1.807) is 30.0 Å². The maximum atomic E-state index is 12.8. The molecule has 0 bridgehead atoms. The number of nitrogens with one attached hydrogen (secondary N) is 1. The Kier molecular flexibility index (Phi) is 5.80. The number of amides is 2. The SMILES string of the molecule is CC1Oc2ccc(NC(=O)c3ccccc3)cc2N(CCCc2ccccc2)C1=O. The predicted octanol–water partition coefficient (Wildman–Crippen LogP) is 4.69. The lowest BCUT2D eigenvalue weighted by atomic mass is 10.1. The summed E-state index contributed by atoms with van der Waals surface area (Å²) in [6.07, 6.45) is 1.20. The van der Waals surface area contributed by atoms with E-state index in [1.165, 1.54) is 5.56 Å². The number of nitrogens with zero attached hydrogens (tertiary/aromatic N) is 1. The van der Waals surface area contributed by atoms with Gasteiger partial charge in [-0.3, -0.25) is 9.59 Å². The fourth-order valence-corrected chi connectivity index (χ4v) is 3.59. The summed E-state index contributed by atoms with van der Waals surface area (Å²) >= 11 is 0. The monoisotopic (exact) mass is 400 g/mol. The van der Waals surface area contributed by atoms with Crippen LogP contribution in [0, 0.1) is 0 Å². The Morgan fingerprint density at radius 2 is 1.70 bits per heavy atom. The highest BCUT2D eigenvalue weighted by Crippen LogP contribution is 2.36. The highest BCUT2D eigenvalue weighted by molar-refractivity contribution is 6.05. The summed E-state index contributed by atoms with van der Waals surface area (Å²) in [5.74, 6) is 0.393. The Morgan fingerprint density at radius 3 is 2.43 bits per heavy atom. The summed E-state index contributed by atoms with van der Waals surface area (Å²) < 4.78 is 5.78. The molecular formula is C25H24N2O3. The number of ether oxygens (including phenoxy) is 1. The van der Waals surface area contributed by atoms with Gasteiger partial charge in [-0.05, 0) is 55.7 Å². The Labute approximate surface area is 176 Å². The lowest BCUT2D eigenvalue weighted by molar-refractivity contribution is -0.125. The fourth-order valence-electron chi connectivity index (χ4n) is 3.59. The topological polar surface area (TPSA) is 58.6 Å². The maximum absolute atomic E-state index is 12.8. The van der Waals surface area contributed by atoms with Crippen molar-refractivity contribution in [2.45, 2.75) is 25.9 Å². The summed E-state index contributed by atoms with van der Waals surface area (Å²) in [5.41, 5.74) is 3.14. The van der Waals surface area contributed by atoms with Crippen LogP contribution in [0.3, 0.4) is 0 Å². The van der Waals surface area contributed by atoms with E-state index >= 15 is 0 Å². The second-order valence-electron chi connectivity index (χ2n) is 7.34. The van der Waals surface area contributed by atoms with Crippen LogP contribution >= 0.6 is 0 Å². The Morgan fingerprint density at radius 1 is 1.00 bits per heavy atom. The van der Waals surface area contributed by atoms with Crippen molar-refractivity contribution in [3.8, 4) is 5.75 Å². The number of rotatable bonds is 6. The van der Waals surface area contributed by atoms with Crippen molar-refractivity contribution in [2.24, 2.45) is 0 Å². The van der Waals surface area contributed by atoms with Crippen LogP contribution in [0.2, 0.25) is 0 Å². The zero-order valence-corrected chi connectivity index (χ0v) is 16.9. The molecule has 1 heterocycles. The molecule has 1 atom stereocenters. The van der Waals surface area contributed by atoms with Gasteiger partial charge in [-0.15, -0.1) is 0 Å². The molecule has 3 aromatic carbocycles. The summed E-state index contributed by atoms with van der Waals surface area (Å²) in [7, 11) is 0. The van der Waals surface area contributed by atoms with Crippen LogP contribution in [0.15, 0.2) is 78.9 Å². The molecule has 1 aliphatic heterocycles. The van der Waals surface area contributed by atoms with Crippen LogP contribution in [0.25, 0.3) is 0 Å². The average molecular weight is 400 g/mol. The van der Waals surface area contributed by atoms with E-state index < -0.39 is 6.10 Å². The van der Waals surface area contributed by atoms with Crippen LogP contribution in [-0.4, -0.2) is 24.5 Å². The summed E-state index contributed by atoms with van der Waals surface area (Å²) in [6, 6.07) is 24.7. The van der Waals surface area contributed by atoms with Gasteiger partial charge < -0.3 is 15.0 Å². The molecule has 30 heavy (non-hydrogen) atoms. The zero-order chi connectivity index (χ0) is 20.9. The average Bonchev–Trinajstić information content (AvgIpc) is 2.78. The number of hydrogen-bond donors (Lipinski definition) is 1. The third-order valence-corrected chi connectivity index (χ3v) is 5.15. The molecule has 2 amide bonds. The van der Waals surface area contributed by atoms with E-state index in [1.807, 2.05) is 48.5 Å². The van der Waals surface area contributed by atoms with E-state index in [4.69, 9.17) is 4.74 Å². The summed E-state index contributed by atoms with van der Waals surface area (Å²) in [4.78, 5) is 27.1. The molecule has 1 N–H and O–H groups in total. The van der Waals surface area contributed by atoms with E-state index in [-0.39, 0.29) is 11.8 Å². The zero-order valence-electron chi connectivity index (χ0n) is 16.9. The van der Waals surface area contributed by atoms with Crippen molar-refractivity contribution in [1.82, 2.24) is 0 Å². The molecule has 0 saturated heterocycles. The molecule has 0 aromatic heterocycles. The summed E-state index contributed by atoms with van der Waals surface area (Å²) in [6.45, 7) is 2.35. The van der Waals surface area contributed by atoms with Gasteiger partial charge in [0.05, 0.1) is 5.69 Å². The number of fused-ring (bicyclic) bond motifs is 1. The van der Waals surface area contributed by atoms with Crippen molar-refractivity contribution >= 4 is 23.2 Å². The maximum Gasteiger partial charge on any atom is 0.267 e. The standard InChI is InChI=1S/C25H24N2O3/c1-18-25(29)27(16-8-11-19-9-4-2-5-10-19)22-17-21(14-15-23(22)30-18)26-24(28)20-12-6-3-7-13-20/h2-7,9-10,12-15,17-18H,8,11,16H2,1H3,(H,26,28). The number of aryl methyl sites for hydroxylation is 1. The highest BCUT2D eigenvalue weighted by atomic mass is 16.5. The third kappa shape index (κ3) is 4.35. The van der Waals surface area contributed by atoms with Gasteiger partial charge in [0, 0.05) is 17.8 Å². The van der Waals surface area contributed by atoms with E-state index in [0.29, 0.717) is 29.2 Å². The molecule has 1 aliphatic rings. The number of hydrogen-bond acceptors (Lipinski definition) is 3. The van der Waals surface area contributed by atoms with Crippen LogP contribution in [0.4, 0.5) is 11.4 Å². The second-order valence-corrected chi connectivity index (χ2v) is 7.34. The van der Waals surface area contributed by atoms with Crippen molar-refractivity contribution in [1.29, 1.82) is 0 Å². The number of benzene rings is 3. The quantitative estimate of drug-likeness (QED) is 0.653. The van der Waals surface area contributed by atoms with Crippen LogP contribution in [0.5, 0.6) is 5.75 Å². The fraction of sp³-hybridized carbons (Fsp3) is 0.200. The molecular weight excluding hydrogens is 376 g/mol. The molecule has 5 heteroatoms. The number of carbonyl (C=O) groups is 2. The molecule has 0 aliphatic carbocycles. The lowest BCUT2D eigenvalue weighted by Gasteiger charge is -2.33. The number of carbonyl (C=O) groups excluding carboxylic acids is 2. The minimum atomic E-state index is -0.529. The van der Waals surface area contributed by atoms with Crippen LogP contribution in [0.1, 0.15) is 29.3 Å². The molecule has 1 unspecified atom stereocenters. The molecule has 152 valence electrons. The minimum absolute atomic E-state index is 0.0675. The van der Waals surface area contributed by atoms with Gasteiger partial charge in [-0.1, -0.05) is 48.5 Å². The highest BCUT2D eigenvalue weighted by Gasteiger charge is 2.31. The first-order valence-corrected chi connectivity index (χ1v) is 10.1. The van der Waals surface area contributed by atoms with Gasteiger partial charge in [0.1, 0.15) is 5.75 Å². The Bertz CT molecular complexity index is 1030. The second kappa shape index (κ2) is 8.82. The van der Waals surface area contributed by atoms with E-state index in [2.05, 4.69) is 17.4 Å². The van der Waals surface area contributed by atoms with Gasteiger partial charge in [-0.25, -0.2) is 0 Å². The number of anilines is 2. The van der Waals surface area contributed by atoms with Crippen LogP contribution < -0.4 is 15.0 Å². The first kappa shape index (κ1) is 19.7. The summed E-state index contributed by atoms with van der Waals surface area (Å²) in [5, 5.41) is 2.90. The molecule has 4 rings (SSSR count). The smallest absolute Gasteiger partial charge is 0.267 e. The Hall–Kier alpha value is -3.60. The van der Waals surface area contributed by atoms with E-state index in [9.17, 15) is 9.59 Å². The molecule has 5 nitrogen and oxygen atoms in total. The predicted molar refractivity (Wildman–Crippen MR) is 118 cm³/mol. The first-order chi connectivity index (χ1) is 14.6. The van der Waals surface area contributed by atoms with Gasteiger partial charge in [0.2, 0.25) is 0 Å².